The van der Waals surface area contributed by atoms with E-state index in [1.165, 1.54) is 6.33 Å². The number of H-pyrrole nitrogens is 1. The molecule has 0 radical (unpaired) electrons. The van der Waals surface area contributed by atoms with E-state index in [1.807, 2.05) is 0 Å². The second-order valence-corrected chi connectivity index (χ2v) is 3.51. The topological polar surface area (TPSA) is 140 Å². The van der Waals surface area contributed by atoms with Gasteiger partial charge in [-0.1, -0.05) is 0 Å². The van der Waals surface area contributed by atoms with Crippen LogP contribution in [0.15, 0.2) is 6.33 Å². The first-order valence-corrected chi connectivity index (χ1v) is 5.36. The Morgan fingerprint density at radius 1 is 1.39 bits per heavy atom. The summed E-state index contributed by atoms with van der Waals surface area (Å²) in [6.45, 7) is 0.462. The Hall–Kier alpha value is -2.16. The lowest BCUT2D eigenvalue weighted by Crippen LogP contribution is -2.38. The Balaban J connectivity index is 2.05. The molecule has 100 valence electrons. The molecule has 0 saturated carbocycles. The molecule has 0 aliphatic heterocycles. The summed E-state index contributed by atoms with van der Waals surface area (Å²) in [7, 11) is 0. The second-order valence-electron chi connectivity index (χ2n) is 3.51. The van der Waals surface area contributed by atoms with Gasteiger partial charge in [0.15, 0.2) is 6.10 Å². The first kappa shape index (κ1) is 13.9. The number of carboxylic acids is 1. The zero-order valence-corrected chi connectivity index (χ0v) is 9.59. The molecular weight excluding hydrogens is 242 g/mol. The summed E-state index contributed by atoms with van der Waals surface area (Å²) in [4.78, 5) is 25.4. The van der Waals surface area contributed by atoms with E-state index in [0.717, 1.165) is 0 Å². The molecule has 0 aromatic carbocycles. The third kappa shape index (κ3) is 5.25. The standard InChI is InChI=1S/C9H15N5O4/c15-6(8(16)17)1-3-10-9(18)11-4-2-7-12-5-13-14-7/h5-6,15H,1-4H2,(H,16,17)(H2,10,11,18)(H,12,13,14). The molecule has 1 atom stereocenters. The van der Waals surface area contributed by atoms with Crippen molar-refractivity contribution < 1.29 is 19.8 Å². The lowest BCUT2D eigenvalue weighted by atomic mass is 10.2. The predicted octanol–water partition coefficient (Wildman–Crippen LogP) is -1.52. The van der Waals surface area contributed by atoms with Crippen LogP contribution in [0, 0.1) is 0 Å². The number of nitrogens with one attached hydrogen (secondary N) is 3. The van der Waals surface area contributed by atoms with Crippen molar-refractivity contribution in [3.63, 3.8) is 0 Å². The van der Waals surface area contributed by atoms with Crippen LogP contribution in [-0.4, -0.2) is 56.6 Å². The molecule has 1 rings (SSSR count). The Kier molecular flexibility index (Phi) is 5.58. The second kappa shape index (κ2) is 7.22. The maximum Gasteiger partial charge on any atom is 0.332 e. The highest BCUT2D eigenvalue weighted by Gasteiger charge is 2.12. The fraction of sp³-hybridized carbons (Fsp3) is 0.556. The Labute approximate surface area is 103 Å². The number of nitrogens with zero attached hydrogens (tertiary/aromatic N) is 2. The zero-order chi connectivity index (χ0) is 13.4. The number of aliphatic hydroxyl groups is 1. The van der Waals surface area contributed by atoms with Crippen molar-refractivity contribution in [2.75, 3.05) is 13.1 Å². The largest absolute Gasteiger partial charge is 0.479 e. The number of aromatic nitrogens is 3. The zero-order valence-electron chi connectivity index (χ0n) is 9.59. The van der Waals surface area contributed by atoms with Gasteiger partial charge in [0.25, 0.3) is 0 Å². The van der Waals surface area contributed by atoms with Crippen molar-refractivity contribution in [3.05, 3.63) is 12.2 Å². The highest BCUT2D eigenvalue weighted by molar-refractivity contribution is 5.74. The monoisotopic (exact) mass is 257 g/mol. The third-order valence-electron chi connectivity index (χ3n) is 2.10. The first-order chi connectivity index (χ1) is 8.59. The lowest BCUT2D eigenvalue weighted by Gasteiger charge is -2.08. The van der Waals surface area contributed by atoms with Crippen LogP contribution in [0.5, 0.6) is 0 Å². The lowest BCUT2D eigenvalue weighted by molar-refractivity contribution is -0.146. The van der Waals surface area contributed by atoms with Gasteiger partial charge in [-0.2, -0.15) is 5.10 Å². The number of amides is 2. The van der Waals surface area contributed by atoms with Crippen LogP contribution in [0.2, 0.25) is 0 Å². The van der Waals surface area contributed by atoms with Gasteiger partial charge in [0.1, 0.15) is 12.2 Å². The summed E-state index contributed by atoms with van der Waals surface area (Å²) >= 11 is 0. The van der Waals surface area contributed by atoms with Gasteiger partial charge in [-0.3, -0.25) is 5.10 Å². The fourth-order valence-corrected chi connectivity index (χ4v) is 1.15. The third-order valence-corrected chi connectivity index (χ3v) is 2.10. The molecular formula is C9H15N5O4. The predicted molar refractivity (Wildman–Crippen MR) is 59.7 cm³/mol. The molecule has 1 unspecified atom stereocenters. The minimum atomic E-state index is -1.46. The van der Waals surface area contributed by atoms with Crippen molar-refractivity contribution in [2.24, 2.45) is 0 Å². The molecule has 9 nitrogen and oxygen atoms in total. The van der Waals surface area contributed by atoms with Crippen molar-refractivity contribution in [2.45, 2.75) is 18.9 Å². The molecule has 5 N–H and O–H groups in total. The fourth-order valence-electron chi connectivity index (χ4n) is 1.15. The summed E-state index contributed by atoms with van der Waals surface area (Å²) in [6.07, 6.45) is 0.401. The summed E-state index contributed by atoms with van der Waals surface area (Å²) in [5.74, 6) is -0.640. The van der Waals surface area contributed by atoms with Gasteiger partial charge >= 0.3 is 12.0 Å². The minimum Gasteiger partial charge on any atom is -0.479 e. The van der Waals surface area contributed by atoms with Crippen molar-refractivity contribution in [1.82, 2.24) is 25.8 Å². The molecule has 18 heavy (non-hydrogen) atoms. The number of aliphatic hydroxyl groups excluding tert-OH is 1. The number of carboxylic acid groups (broad SMARTS) is 1. The number of carbonyl (C=O) groups is 2. The van der Waals surface area contributed by atoms with Crippen LogP contribution >= 0.6 is 0 Å². The van der Waals surface area contributed by atoms with E-state index < -0.39 is 18.1 Å². The maximum absolute atomic E-state index is 11.2. The molecule has 0 aliphatic rings. The van der Waals surface area contributed by atoms with Crippen molar-refractivity contribution in [3.8, 4) is 0 Å². The summed E-state index contributed by atoms with van der Waals surface area (Å²) in [5, 5.41) is 28.6. The molecule has 0 fully saturated rings. The minimum absolute atomic E-state index is 0.0368. The van der Waals surface area contributed by atoms with Gasteiger partial charge in [0.2, 0.25) is 0 Å². The molecule has 9 heteroatoms. The van der Waals surface area contributed by atoms with Crippen LogP contribution in [0.3, 0.4) is 0 Å². The number of rotatable bonds is 7. The van der Waals surface area contributed by atoms with E-state index in [-0.39, 0.29) is 13.0 Å². The van der Waals surface area contributed by atoms with E-state index in [9.17, 15) is 9.59 Å². The van der Waals surface area contributed by atoms with Crippen LogP contribution < -0.4 is 10.6 Å². The summed E-state index contributed by atoms with van der Waals surface area (Å²) in [6, 6.07) is -0.424. The van der Waals surface area contributed by atoms with Gasteiger partial charge in [-0.05, 0) is 0 Å². The Morgan fingerprint density at radius 3 is 2.72 bits per heavy atom. The quantitative estimate of drug-likeness (QED) is 0.402. The van der Waals surface area contributed by atoms with Crippen molar-refractivity contribution >= 4 is 12.0 Å². The Bertz CT molecular complexity index is 380. The normalized spacial score (nSPS) is 11.8. The van der Waals surface area contributed by atoms with Crippen molar-refractivity contribution in [1.29, 1.82) is 0 Å². The highest BCUT2D eigenvalue weighted by atomic mass is 16.4. The molecule has 0 saturated heterocycles. The molecule has 1 heterocycles. The van der Waals surface area contributed by atoms with E-state index in [0.29, 0.717) is 18.8 Å². The highest BCUT2D eigenvalue weighted by Crippen LogP contribution is 1.89. The van der Waals surface area contributed by atoms with E-state index in [2.05, 4.69) is 25.8 Å². The number of hydrogen-bond acceptors (Lipinski definition) is 5. The summed E-state index contributed by atoms with van der Waals surface area (Å²) < 4.78 is 0. The molecule has 0 spiro atoms. The molecule has 2 amide bonds. The smallest absolute Gasteiger partial charge is 0.332 e. The molecule has 0 aliphatic carbocycles. The van der Waals surface area contributed by atoms with Gasteiger partial charge < -0.3 is 20.8 Å². The van der Waals surface area contributed by atoms with Gasteiger partial charge in [-0.25, -0.2) is 14.6 Å². The van der Waals surface area contributed by atoms with E-state index >= 15 is 0 Å². The van der Waals surface area contributed by atoms with Crippen LogP contribution in [0.25, 0.3) is 0 Å². The summed E-state index contributed by atoms with van der Waals surface area (Å²) in [5.41, 5.74) is 0. The number of urea groups is 1. The number of hydrogen-bond donors (Lipinski definition) is 5. The average Bonchev–Trinajstić information content (AvgIpc) is 2.81. The van der Waals surface area contributed by atoms with Gasteiger partial charge in [0.05, 0.1) is 0 Å². The van der Waals surface area contributed by atoms with Crippen LogP contribution in [-0.2, 0) is 11.2 Å². The first-order valence-electron chi connectivity index (χ1n) is 5.36. The van der Waals surface area contributed by atoms with Gasteiger partial charge in [-0.15, -0.1) is 0 Å². The van der Waals surface area contributed by atoms with Crippen LogP contribution in [0.4, 0.5) is 4.79 Å². The van der Waals surface area contributed by atoms with Crippen LogP contribution in [0.1, 0.15) is 12.2 Å². The van der Waals surface area contributed by atoms with E-state index in [1.54, 1.807) is 0 Å². The van der Waals surface area contributed by atoms with Gasteiger partial charge in [0, 0.05) is 25.9 Å². The average molecular weight is 257 g/mol. The molecule has 1 aromatic rings. The molecule has 1 aromatic heterocycles. The van der Waals surface area contributed by atoms with E-state index in [4.69, 9.17) is 10.2 Å². The number of aromatic amines is 1. The SMILES string of the molecule is O=C(NCCc1ncn[nH]1)NCCC(O)C(=O)O. The maximum atomic E-state index is 11.2. The number of aliphatic carboxylic acids is 1. The number of carbonyl (C=O) groups excluding carboxylic acids is 1. The Morgan fingerprint density at radius 2 is 2.11 bits per heavy atom. The molecule has 0 bridgehead atoms.